The van der Waals surface area contributed by atoms with Crippen LogP contribution in [0.25, 0.3) is 0 Å². The van der Waals surface area contributed by atoms with E-state index in [0.717, 1.165) is 0 Å². The zero-order valence-electron chi connectivity index (χ0n) is 7.67. The number of hydrogen-bond acceptors (Lipinski definition) is 2. The molecule has 0 aliphatic heterocycles. The Bertz CT molecular complexity index is 128. The molecule has 1 unspecified atom stereocenters. The minimum Gasteiger partial charge on any atom is -0.464 e. The molecule has 0 aliphatic rings. The fraction of sp³-hybridized carbons (Fsp3) is 0.875. The molecule has 0 aromatic carbocycles. The van der Waals surface area contributed by atoms with Crippen molar-refractivity contribution >= 4 is 18.4 Å². The number of carbonyl (C=O) groups is 1. The number of esters is 1. The highest BCUT2D eigenvalue weighted by Crippen LogP contribution is 2.09. The molecule has 4 heteroatoms. The number of rotatable bonds is 4. The predicted molar refractivity (Wildman–Crippen MR) is 48.2 cm³/mol. The first-order valence-corrected chi connectivity index (χ1v) is 3.88. The first-order valence-electron chi connectivity index (χ1n) is 3.88. The van der Waals surface area contributed by atoms with Gasteiger partial charge in [0.2, 0.25) is 0 Å². The first-order chi connectivity index (χ1) is 5.07. The highest BCUT2D eigenvalue weighted by atomic mass is 35.5. The smallest absolute Gasteiger partial charge is 0.340 e. The second kappa shape index (κ2) is 7.35. The average molecular weight is 199 g/mol. The lowest BCUT2D eigenvalue weighted by atomic mass is 10.1. The molecule has 1 atom stereocenters. The summed E-state index contributed by atoms with van der Waals surface area (Å²) < 4.78 is 17.3. The summed E-state index contributed by atoms with van der Waals surface area (Å²) in [6, 6.07) is 0. The van der Waals surface area contributed by atoms with Crippen LogP contribution in [0.4, 0.5) is 4.39 Å². The van der Waals surface area contributed by atoms with Gasteiger partial charge in [-0.2, -0.15) is 0 Å². The van der Waals surface area contributed by atoms with Crippen LogP contribution in [-0.4, -0.2) is 18.7 Å². The SMILES string of the molecule is CCOC(=O)C(F)CC(C)C.Cl. The van der Waals surface area contributed by atoms with Crippen LogP contribution in [0.1, 0.15) is 27.2 Å². The highest BCUT2D eigenvalue weighted by molar-refractivity contribution is 5.85. The van der Waals surface area contributed by atoms with Crippen molar-refractivity contribution in [1.82, 2.24) is 0 Å². The molecule has 2 nitrogen and oxygen atoms in total. The molecule has 0 radical (unpaired) electrons. The maximum absolute atomic E-state index is 12.8. The van der Waals surface area contributed by atoms with Gasteiger partial charge in [0.15, 0.2) is 6.17 Å². The molecule has 74 valence electrons. The summed E-state index contributed by atoms with van der Waals surface area (Å²) in [7, 11) is 0. The Hall–Kier alpha value is -0.310. The lowest BCUT2D eigenvalue weighted by molar-refractivity contribution is -0.149. The molecular formula is C8H16ClFO2. The molecule has 0 amide bonds. The van der Waals surface area contributed by atoms with Crippen molar-refractivity contribution in [2.45, 2.75) is 33.4 Å². The normalized spacial score (nSPS) is 12.1. The van der Waals surface area contributed by atoms with Gasteiger partial charge in [-0.25, -0.2) is 9.18 Å². The van der Waals surface area contributed by atoms with E-state index in [1.165, 1.54) is 0 Å². The quantitative estimate of drug-likeness (QED) is 0.649. The number of carbonyl (C=O) groups excluding carboxylic acids is 1. The van der Waals surface area contributed by atoms with E-state index in [0.29, 0.717) is 0 Å². The van der Waals surface area contributed by atoms with Crippen molar-refractivity contribution in [1.29, 1.82) is 0 Å². The summed E-state index contributed by atoms with van der Waals surface area (Å²) in [4.78, 5) is 10.7. The summed E-state index contributed by atoms with van der Waals surface area (Å²) in [5, 5.41) is 0. The standard InChI is InChI=1S/C8H15FO2.ClH/c1-4-11-8(10)7(9)5-6(2)3;/h6-7H,4-5H2,1-3H3;1H. The number of alkyl halides is 1. The van der Waals surface area contributed by atoms with Gasteiger partial charge in [0.05, 0.1) is 6.61 Å². The predicted octanol–water partition coefficient (Wildman–Crippen LogP) is 2.36. The molecule has 0 N–H and O–H groups in total. The van der Waals surface area contributed by atoms with E-state index >= 15 is 0 Å². The Kier molecular flexibility index (Phi) is 8.71. The van der Waals surface area contributed by atoms with Gasteiger partial charge in [-0.1, -0.05) is 13.8 Å². The van der Waals surface area contributed by atoms with E-state index in [-0.39, 0.29) is 31.4 Å². The fourth-order valence-corrected chi connectivity index (χ4v) is 0.743. The van der Waals surface area contributed by atoms with Crippen molar-refractivity contribution in [3.8, 4) is 0 Å². The third-order valence-electron chi connectivity index (χ3n) is 1.22. The molecule has 0 fully saturated rings. The third kappa shape index (κ3) is 6.40. The maximum atomic E-state index is 12.8. The van der Waals surface area contributed by atoms with Crippen LogP contribution in [0.5, 0.6) is 0 Å². The monoisotopic (exact) mass is 198 g/mol. The Balaban J connectivity index is 0. The second-order valence-electron chi connectivity index (χ2n) is 2.85. The van der Waals surface area contributed by atoms with Gasteiger partial charge < -0.3 is 4.74 Å². The number of hydrogen-bond donors (Lipinski definition) is 0. The molecule has 0 aliphatic carbocycles. The molecule has 0 bridgehead atoms. The summed E-state index contributed by atoms with van der Waals surface area (Å²) in [6.45, 7) is 5.65. The zero-order chi connectivity index (χ0) is 8.85. The summed E-state index contributed by atoms with van der Waals surface area (Å²) >= 11 is 0. The van der Waals surface area contributed by atoms with Gasteiger partial charge in [0.25, 0.3) is 0 Å². The van der Waals surface area contributed by atoms with Crippen LogP contribution >= 0.6 is 12.4 Å². The van der Waals surface area contributed by atoms with Crippen molar-refractivity contribution in [3.05, 3.63) is 0 Å². The lowest BCUT2D eigenvalue weighted by Gasteiger charge is -2.08. The molecule has 0 saturated heterocycles. The van der Waals surface area contributed by atoms with Gasteiger partial charge in [-0.3, -0.25) is 0 Å². The van der Waals surface area contributed by atoms with E-state index in [9.17, 15) is 9.18 Å². The van der Waals surface area contributed by atoms with Gasteiger partial charge in [0.1, 0.15) is 0 Å². The van der Waals surface area contributed by atoms with Crippen LogP contribution in [-0.2, 0) is 9.53 Å². The number of halogens is 2. The molecule has 0 aromatic heterocycles. The Morgan fingerprint density at radius 3 is 2.33 bits per heavy atom. The first kappa shape index (κ1) is 14.2. The van der Waals surface area contributed by atoms with Crippen LogP contribution in [0.3, 0.4) is 0 Å². The van der Waals surface area contributed by atoms with Crippen molar-refractivity contribution in [2.75, 3.05) is 6.61 Å². The fourth-order valence-electron chi connectivity index (χ4n) is 0.743. The van der Waals surface area contributed by atoms with E-state index < -0.39 is 12.1 Å². The van der Waals surface area contributed by atoms with Gasteiger partial charge in [-0.05, 0) is 19.3 Å². The largest absolute Gasteiger partial charge is 0.464 e. The highest BCUT2D eigenvalue weighted by Gasteiger charge is 2.19. The third-order valence-corrected chi connectivity index (χ3v) is 1.22. The Labute approximate surface area is 78.9 Å². The minimum atomic E-state index is -1.45. The van der Waals surface area contributed by atoms with Gasteiger partial charge in [-0.15, -0.1) is 12.4 Å². The van der Waals surface area contributed by atoms with Gasteiger partial charge in [0, 0.05) is 0 Å². The molecule has 12 heavy (non-hydrogen) atoms. The molecular weight excluding hydrogens is 183 g/mol. The van der Waals surface area contributed by atoms with Crippen molar-refractivity contribution in [2.24, 2.45) is 5.92 Å². The molecule has 0 aromatic rings. The van der Waals surface area contributed by atoms with E-state index in [4.69, 9.17) is 0 Å². The Morgan fingerprint density at radius 2 is 2.00 bits per heavy atom. The number of ether oxygens (including phenoxy) is 1. The summed E-state index contributed by atoms with van der Waals surface area (Å²) in [5.41, 5.74) is 0. The maximum Gasteiger partial charge on any atom is 0.340 e. The average Bonchev–Trinajstić information content (AvgIpc) is 1.86. The zero-order valence-corrected chi connectivity index (χ0v) is 8.49. The van der Waals surface area contributed by atoms with E-state index in [2.05, 4.69) is 4.74 Å². The van der Waals surface area contributed by atoms with Crippen molar-refractivity contribution < 1.29 is 13.9 Å². The molecule has 0 saturated carbocycles. The van der Waals surface area contributed by atoms with Crippen LogP contribution in [0.15, 0.2) is 0 Å². The van der Waals surface area contributed by atoms with Crippen LogP contribution < -0.4 is 0 Å². The molecule has 0 heterocycles. The summed E-state index contributed by atoms with van der Waals surface area (Å²) in [5.74, 6) is -0.546. The Morgan fingerprint density at radius 1 is 1.50 bits per heavy atom. The topological polar surface area (TPSA) is 26.3 Å². The van der Waals surface area contributed by atoms with Crippen LogP contribution in [0.2, 0.25) is 0 Å². The molecule has 0 spiro atoms. The minimum absolute atomic E-state index is 0. The second-order valence-corrected chi connectivity index (χ2v) is 2.85. The van der Waals surface area contributed by atoms with E-state index in [1.807, 2.05) is 13.8 Å². The molecule has 0 rings (SSSR count). The van der Waals surface area contributed by atoms with Crippen LogP contribution in [0, 0.1) is 5.92 Å². The van der Waals surface area contributed by atoms with Crippen molar-refractivity contribution in [3.63, 3.8) is 0 Å². The van der Waals surface area contributed by atoms with Gasteiger partial charge >= 0.3 is 5.97 Å². The lowest BCUT2D eigenvalue weighted by Crippen LogP contribution is -2.20. The summed E-state index contributed by atoms with van der Waals surface area (Å²) in [6.07, 6.45) is -1.20. The van der Waals surface area contributed by atoms with E-state index in [1.54, 1.807) is 6.92 Å².